The van der Waals surface area contributed by atoms with Crippen LogP contribution in [0.4, 0.5) is 20.6 Å². The zero-order valence-corrected chi connectivity index (χ0v) is 24.1. The van der Waals surface area contributed by atoms with Crippen LogP contribution >= 0.6 is 0 Å². The minimum Gasteiger partial charge on any atom is -0.458 e. The number of halogens is 1. The normalized spacial score (nSPS) is 22.7. The summed E-state index contributed by atoms with van der Waals surface area (Å²) in [6.45, 7) is 12.6. The van der Waals surface area contributed by atoms with E-state index in [2.05, 4.69) is 20.6 Å². The minimum atomic E-state index is -1.36. The number of carbonyl (C=O) groups is 2. The summed E-state index contributed by atoms with van der Waals surface area (Å²) in [4.78, 5) is 36.0. The summed E-state index contributed by atoms with van der Waals surface area (Å²) in [5.74, 6) is -0.984. The van der Waals surface area contributed by atoms with Crippen LogP contribution < -0.4 is 21.3 Å². The van der Waals surface area contributed by atoms with Gasteiger partial charge in [0.1, 0.15) is 23.2 Å². The maximum absolute atomic E-state index is 16.5. The zero-order valence-electron chi connectivity index (χ0n) is 24.1. The van der Waals surface area contributed by atoms with Crippen molar-refractivity contribution in [2.75, 3.05) is 23.8 Å². The summed E-state index contributed by atoms with van der Waals surface area (Å²) in [6.07, 6.45) is 2.66. The summed E-state index contributed by atoms with van der Waals surface area (Å²) in [5, 5.41) is 15.7. The van der Waals surface area contributed by atoms with Gasteiger partial charge >= 0.3 is 12.0 Å². The van der Waals surface area contributed by atoms with Gasteiger partial charge in [0.2, 0.25) is 0 Å². The minimum absolute atomic E-state index is 0.156. The van der Waals surface area contributed by atoms with Crippen LogP contribution in [0.1, 0.15) is 78.8 Å². The lowest BCUT2D eigenvalue weighted by atomic mass is 9.96. The predicted octanol–water partition coefficient (Wildman–Crippen LogP) is 3.51. The van der Waals surface area contributed by atoms with Gasteiger partial charge in [0, 0.05) is 42.2 Å². The highest BCUT2D eigenvalue weighted by molar-refractivity contribution is 5.98. The molecule has 2 aliphatic heterocycles. The molecule has 4 rings (SSSR count). The SMILES string of the molecule is CCNC(=O)NC1N(c2c(N)cc(-c3cnc(C(C)(C)O)nc3)c(F)c2[C@H]2CCCO2)C1(C)C(=O)OC(C)(C)C. The molecule has 2 unspecified atom stereocenters. The highest BCUT2D eigenvalue weighted by Crippen LogP contribution is 2.53. The second-order valence-corrected chi connectivity index (χ2v) is 11.9. The third-order valence-corrected chi connectivity index (χ3v) is 6.94. The van der Waals surface area contributed by atoms with E-state index < -0.39 is 46.8 Å². The van der Waals surface area contributed by atoms with Crippen molar-refractivity contribution in [2.24, 2.45) is 0 Å². The molecule has 3 atom stereocenters. The molecule has 11 nitrogen and oxygen atoms in total. The van der Waals surface area contributed by atoms with Crippen molar-refractivity contribution < 1.29 is 28.6 Å². The number of aliphatic hydroxyl groups is 1. The average Bonchev–Trinajstić information content (AvgIpc) is 3.18. The van der Waals surface area contributed by atoms with E-state index in [-0.39, 0.29) is 28.3 Å². The third kappa shape index (κ3) is 5.55. The van der Waals surface area contributed by atoms with Gasteiger partial charge in [-0.3, -0.25) is 0 Å². The molecule has 40 heavy (non-hydrogen) atoms. The molecule has 0 radical (unpaired) electrons. The van der Waals surface area contributed by atoms with Crippen molar-refractivity contribution in [3.05, 3.63) is 35.7 Å². The number of carbonyl (C=O) groups excluding carboxylic acids is 2. The van der Waals surface area contributed by atoms with Crippen LogP contribution in [0.15, 0.2) is 18.5 Å². The van der Waals surface area contributed by atoms with Gasteiger partial charge < -0.3 is 35.8 Å². The largest absolute Gasteiger partial charge is 0.458 e. The predicted molar refractivity (Wildman–Crippen MR) is 148 cm³/mol. The van der Waals surface area contributed by atoms with Crippen molar-refractivity contribution in [3.8, 4) is 11.1 Å². The number of nitrogens with zero attached hydrogens (tertiary/aromatic N) is 3. The summed E-state index contributed by atoms with van der Waals surface area (Å²) in [5.41, 5.74) is 4.35. The smallest absolute Gasteiger partial charge is 0.336 e. The van der Waals surface area contributed by atoms with Crippen LogP contribution in [0.25, 0.3) is 11.1 Å². The lowest BCUT2D eigenvalue weighted by Crippen LogP contribution is -2.42. The standard InChI is InChI=1S/C28H39FN6O5/c1-8-31-25(37)34-23-28(7,24(36)40-26(2,3)4)35(23)21-17(30)12-16(20(29)19(21)18-10-9-11-39-18)15-13-32-22(33-14-15)27(5,6)38/h12-14,18,23,38H,8-11,30H2,1-7H3,(H2,31,34,37)/t18-,23?,28?,35?/m1/s1. The number of amides is 2. The maximum Gasteiger partial charge on any atom is 0.336 e. The molecular formula is C28H39FN6O5. The molecule has 2 saturated heterocycles. The Hall–Kier alpha value is -3.51. The number of aromatic nitrogens is 2. The van der Waals surface area contributed by atoms with Crippen LogP contribution in [0, 0.1) is 5.82 Å². The lowest BCUT2D eigenvalue weighted by molar-refractivity contribution is -0.157. The Labute approximate surface area is 233 Å². The van der Waals surface area contributed by atoms with Gasteiger partial charge in [-0.1, -0.05) is 0 Å². The monoisotopic (exact) mass is 558 g/mol. The summed E-state index contributed by atoms with van der Waals surface area (Å²) in [6, 6.07) is 0.978. The fourth-order valence-electron chi connectivity index (χ4n) is 4.94. The van der Waals surface area contributed by atoms with E-state index in [1.807, 2.05) is 0 Å². The van der Waals surface area contributed by atoms with E-state index in [0.717, 1.165) is 6.42 Å². The number of nitrogens with two attached hydrogens (primary N) is 1. The fraction of sp³-hybridized carbons (Fsp3) is 0.571. The molecule has 2 aromatic rings. The Morgan fingerprint density at radius 1 is 1.27 bits per heavy atom. The number of esters is 1. The number of ether oxygens (including phenoxy) is 2. The van der Waals surface area contributed by atoms with E-state index in [1.54, 1.807) is 53.4 Å². The van der Waals surface area contributed by atoms with Crippen molar-refractivity contribution in [1.82, 2.24) is 20.6 Å². The molecular weight excluding hydrogens is 519 g/mol. The van der Waals surface area contributed by atoms with Crippen molar-refractivity contribution in [3.63, 3.8) is 0 Å². The molecule has 218 valence electrons. The number of hydrogen-bond donors (Lipinski definition) is 4. The number of hydrogen-bond acceptors (Lipinski definition) is 9. The molecule has 1 aromatic heterocycles. The average molecular weight is 559 g/mol. The molecule has 0 spiro atoms. The quantitative estimate of drug-likeness (QED) is 0.227. The first-order valence-corrected chi connectivity index (χ1v) is 13.5. The zero-order chi connectivity index (χ0) is 29.6. The highest BCUT2D eigenvalue weighted by atomic mass is 19.1. The second kappa shape index (κ2) is 10.5. The Kier molecular flexibility index (Phi) is 7.72. The van der Waals surface area contributed by atoms with Crippen molar-refractivity contribution >= 4 is 23.4 Å². The van der Waals surface area contributed by atoms with E-state index in [9.17, 15) is 14.7 Å². The number of benzene rings is 1. The Morgan fingerprint density at radius 3 is 2.45 bits per heavy atom. The van der Waals surface area contributed by atoms with Gasteiger partial charge in [0.15, 0.2) is 11.4 Å². The first-order chi connectivity index (χ1) is 18.6. The Balaban J connectivity index is 1.85. The Morgan fingerprint density at radius 2 is 1.93 bits per heavy atom. The van der Waals surface area contributed by atoms with Gasteiger partial charge in [-0.2, -0.15) is 0 Å². The summed E-state index contributed by atoms with van der Waals surface area (Å²) < 4.78 is 28.1. The first-order valence-electron chi connectivity index (χ1n) is 13.5. The molecule has 0 bridgehead atoms. The van der Waals surface area contributed by atoms with Gasteiger partial charge in [0.05, 0.1) is 17.5 Å². The van der Waals surface area contributed by atoms with Crippen molar-refractivity contribution in [2.45, 2.75) is 90.3 Å². The fourth-order valence-corrected chi connectivity index (χ4v) is 4.94. The third-order valence-electron chi connectivity index (χ3n) is 6.94. The van der Waals surface area contributed by atoms with Crippen LogP contribution in [0.3, 0.4) is 0 Å². The topological polar surface area (TPSA) is 152 Å². The number of nitrogen functional groups attached to an aromatic ring is 1. The molecule has 2 amide bonds. The van der Waals surface area contributed by atoms with Gasteiger partial charge in [-0.15, -0.1) is 0 Å². The molecule has 2 fully saturated rings. The van der Waals surface area contributed by atoms with Gasteiger partial charge in [-0.25, -0.2) is 23.9 Å². The van der Waals surface area contributed by atoms with E-state index in [1.165, 1.54) is 18.5 Å². The van der Waals surface area contributed by atoms with Crippen LogP contribution in [0.5, 0.6) is 0 Å². The number of anilines is 2. The molecule has 2 aliphatic rings. The molecule has 0 saturated carbocycles. The number of urea groups is 1. The van der Waals surface area contributed by atoms with E-state index in [0.29, 0.717) is 25.1 Å². The highest BCUT2D eigenvalue weighted by Gasteiger charge is 2.68. The Bertz CT molecular complexity index is 1280. The second-order valence-electron chi connectivity index (χ2n) is 11.9. The number of nitrogens with one attached hydrogen (secondary N) is 2. The van der Waals surface area contributed by atoms with Crippen LogP contribution in [-0.2, 0) is 19.9 Å². The van der Waals surface area contributed by atoms with Crippen molar-refractivity contribution in [1.29, 1.82) is 0 Å². The van der Waals surface area contributed by atoms with Crippen LogP contribution in [0.2, 0.25) is 0 Å². The lowest BCUT2D eigenvalue weighted by Gasteiger charge is -2.25. The molecule has 1 aromatic carbocycles. The first kappa shape index (κ1) is 29.5. The summed E-state index contributed by atoms with van der Waals surface area (Å²) in [7, 11) is 0. The molecule has 0 aliphatic carbocycles. The van der Waals surface area contributed by atoms with Gasteiger partial charge in [-0.05, 0) is 67.4 Å². The number of rotatable bonds is 7. The van der Waals surface area contributed by atoms with Gasteiger partial charge in [0.25, 0.3) is 0 Å². The molecule has 5 N–H and O–H groups in total. The van der Waals surface area contributed by atoms with E-state index in [4.69, 9.17) is 15.2 Å². The van der Waals surface area contributed by atoms with Crippen LogP contribution in [-0.4, -0.2) is 57.5 Å². The van der Waals surface area contributed by atoms with E-state index >= 15 is 4.39 Å². The molecule has 3 heterocycles. The summed E-state index contributed by atoms with van der Waals surface area (Å²) >= 11 is 0. The maximum atomic E-state index is 16.5. The molecule has 12 heteroatoms.